The van der Waals surface area contributed by atoms with Gasteiger partial charge in [0.1, 0.15) is 6.07 Å². The Bertz CT molecular complexity index is 335. The second-order valence-electron chi connectivity index (χ2n) is 2.87. The third-order valence-electron chi connectivity index (χ3n) is 1.72. The van der Waals surface area contributed by atoms with Gasteiger partial charge in [-0.1, -0.05) is 6.92 Å². The Morgan fingerprint density at radius 2 is 2.50 bits per heavy atom. The number of hydrogen-bond acceptors (Lipinski definition) is 3. The highest BCUT2D eigenvalue weighted by atomic mass is 35.5. The Labute approximate surface area is 93.3 Å². The molecule has 0 amide bonds. The van der Waals surface area contributed by atoms with Crippen LogP contribution in [0.1, 0.15) is 19.0 Å². The number of nitriles is 1. The number of hydrogen-bond donors (Lipinski definition) is 0. The molecule has 1 aromatic heterocycles. The highest BCUT2D eigenvalue weighted by Gasteiger charge is 2.07. The van der Waals surface area contributed by atoms with Crippen LogP contribution in [0.4, 0.5) is 0 Å². The van der Waals surface area contributed by atoms with E-state index in [-0.39, 0.29) is 0 Å². The SMILES string of the molecule is CC(CCCl)Sc1cccnc1C#N. The summed E-state index contributed by atoms with van der Waals surface area (Å²) in [5.41, 5.74) is 0.499. The molecule has 74 valence electrons. The molecule has 0 radical (unpaired) electrons. The van der Waals surface area contributed by atoms with Gasteiger partial charge in [-0.2, -0.15) is 5.26 Å². The van der Waals surface area contributed by atoms with Crippen molar-refractivity contribution in [1.82, 2.24) is 4.98 Å². The van der Waals surface area contributed by atoms with Crippen molar-refractivity contribution >= 4 is 23.4 Å². The standard InChI is InChI=1S/C10H11ClN2S/c1-8(4-5-11)14-10-3-2-6-13-9(10)7-12/h2-3,6,8H,4-5H2,1H3. The van der Waals surface area contributed by atoms with Gasteiger partial charge < -0.3 is 0 Å². The first-order chi connectivity index (χ1) is 6.77. The van der Waals surface area contributed by atoms with E-state index in [1.807, 2.05) is 12.1 Å². The first-order valence-electron chi connectivity index (χ1n) is 4.35. The van der Waals surface area contributed by atoms with Crippen molar-refractivity contribution < 1.29 is 0 Å². The van der Waals surface area contributed by atoms with Crippen molar-refractivity contribution in [1.29, 1.82) is 5.26 Å². The van der Waals surface area contributed by atoms with Gasteiger partial charge in [0.25, 0.3) is 0 Å². The van der Waals surface area contributed by atoms with Crippen LogP contribution in [0.25, 0.3) is 0 Å². The third-order valence-corrected chi connectivity index (χ3v) is 3.16. The summed E-state index contributed by atoms with van der Waals surface area (Å²) in [6, 6.07) is 5.84. The summed E-state index contributed by atoms with van der Waals surface area (Å²) in [4.78, 5) is 4.93. The normalized spacial score (nSPS) is 12.1. The smallest absolute Gasteiger partial charge is 0.153 e. The van der Waals surface area contributed by atoms with Crippen molar-refractivity contribution in [2.24, 2.45) is 0 Å². The van der Waals surface area contributed by atoms with E-state index < -0.39 is 0 Å². The molecule has 0 N–H and O–H groups in total. The minimum atomic E-state index is 0.420. The summed E-state index contributed by atoms with van der Waals surface area (Å²) in [6.07, 6.45) is 2.57. The fourth-order valence-corrected chi connectivity index (χ4v) is 2.49. The molecule has 0 aliphatic heterocycles. The van der Waals surface area contributed by atoms with Crippen molar-refractivity contribution in [3.63, 3.8) is 0 Å². The third kappa shape index (κ3) is 3.21. The number of pyridine rings is 1. The van der Waals surface area contributed by atoms with Crippen LogP contribution in [0.2, 0.25) is 0 Å². The van der Waals surface area contributed by atoms with Crippen LogP contribution >= 0.6 is 23.4 Å². The lowest BCUT2D eigenvalue weighted by Gasteiger charge is -2.09. The van der Waals surface area contributed by atoms with Crippen LogP contribution < -0.4 is 0 Å². The van der Waals surface area contributed by atoms with E-state index in [9.17, 15) is 0 Å². The van der Waals surface area contributed by atoms with E-state index in [0.717, 1.165) is 11.3 Å². The second kappa shape index (κ2) is 5.90. The Morgan fingerprint density at radius 1 is 1.71 bits per heavy atom. The predicted molar refractivity (Wildman–Crippen MR) is 59.6 cm³/mol. The largest absolute Gasteiger partial charge is 0.244 e. The van der Waals surface area contributed by atoms with Gasteiger partial charge in [-0.15, -0.1) is 23.4 Å². The van der Waals surface area contributed by atoms with Crippen LogP contribution in [0.15, 0.2) is 23.2 Å². The molecule has 0 aromatic carbocycles. The summed E-state index contributed by atoms with van der Waals surface area (Å²) >= 11 is 7.29. The Morgan fingerprint density at radius 3 is 3.14 bits per heavy atom. The molecule has 2 nitrogen and oxygen atoms in total. The van der Waals surface area contributed by atoms with E-state index in [2.05, 4.69) is 18.0 Å². The monoisotopic (exact) mass is 226 g/mol. The molecule has 4 heteroatoms. The molecule has 0 spiro atoms. The van der Waals surface area contributed by atoms with Crippen molar-refractivity contribution in [2.45, 2.75) is 23.5 Å². The molecular weight excluding hydrogens is 216 g/mol. The maximum Gasteiger partial charge on any atom is 0.153 e. The van der Waals surface area contributed by atoms with E-state index in [4.69, 9.17) is 16.9 Å². The van der Waals surface area contributed by atoms with Gasteiger partial charge >= 0.3 is 0 Å². The lowest BCUT2D eigenvalue weighted by Crippen LogP contribution is -1.98. The van der Waals surface area contributed by atoms with Crippen LogP contribution in [0.5, 0.6) is 0 Å². The fourth-order valence-electron chi connectivity index (χ4n) is 0.999. The molecule has 0 fully saturated rings. The zero-order chi connectivity index (χ0) is 10.4. The summed E-state index contributed by atoms with van der Waals surface area (Å²) in [5, 5.41) is 9.23. The van der Waals surface area contributed by atoms with Gasteiger partial charge in [-0.05, 0) is 18.6 Å². The highest BCUT2D eigenvalue weighted by molar-refractivity contribution is 8.00. The lowest BCUT2D eigenvalue weighted by atomic mass is 10.4. The molecule has 1 atom stereocenters. The van der Waals surface area contributed by atoms with Gasteiger partial charge in [0, 0.05) is 22.2 Å². The predicted octanol–water partition coefficient (Wildman–Crippen LogP) is 3.06. The van der Waals surface area contributed by atoms with E-state index >= 15 is 0 Å². The van der Waals surface area contributed by atoms with Crippen LogP contribution in [0.3, 0.4) is 0 Å². The average molecular weight is 227 g/mol. The maximum absolute atomic E-state index is 8.81. The number of aromatic nitrogens is 1. The maximum atomic E-state index is 8.81. The van der Waals surface area contributed by atoms with E-state index in [0.29, 0.717) is 16.8 Å². The molecule has 1 aromatic rings. The molecule has 1 heterocycles. The zero-order valence-corrected chi connectivity index (χ0v) is 9.48. The number of nitrogens with zero attached hydrogens (tertiary/aromatic N) is 2. The van der Waals surface area contributed by atoms with Crippen molar-refractivity contribution in [3.05, 3.63) is 24.0 Å². The Kier molecular flexibility index (Phi) is 4.78. The van der Waals surface area contributed by atoms with Crippen LogP contribution in [0, 0.1) is 11.3 Å². The minimum Gasteiger partial charge on any atom is -0.244 e. The lowest BCUT2D eigenvalue weighted by molar-refractivity contribution is 0.911. The van der Waals surface area contributed by atoms with Gasteiger partial charge in [0.2, 0.25) is 0 Å². The molecule has 0 saturated carbocycles. The molecule has 0 bridgehead atoms. The quantitative estimate of drug-likeness (QED) is 0.585. The fraction of sp³-hybridized carbons (Fsp3) is 0.400. The zero-order valence-electron chi connectivity index (χ0n) is 7.90. The summed E-state index contributed by atoms with van der Waals surface area (Å²) in [6.45, 7) is 2.10. The van der Waals surface area contributed by atoms with Crippen molar-refractivity contribution in [3.8, 4) is 6.07 Å². The second-order valence-corrected chi connectivity index (χ2v) is 4.73. The molecule has 1 unspecified atom stereocenters. The molecule has 0 saturated heterocycles. The first-order valence-corrected chi connectivity index (χ1v) is 5.77. The molecule has 0 aliphatic carbocycles. The molecule has 14 heavy (non-hydrogen) atoms. The van der Waals surface area contributed by atoms with Gasteiger partial charge in [-0.3, -0.25) is 0 Å². The van der Waals surface area contributed by atoms with Crippen molar-refractivity contribution in [2.75, 3.05) is 5.88 Å². The van der Waals surface area contributed by atoms with Gasteiger partial charge in [0.05, 0.1) is 0 Å². The van der Waals surface area contributed by atoms with Gasteiger partial charge in [0.15, 0.2) is 5.69 Å². The van der Waals surface area contributed by atoms with E-state index in [1.165, 1.54) is 0 Å². The average Bonchev–Trinajstić information content (AvgIpc) is 2.19. The highest BCUT2D eigenvalue weighted by Crippen LogP contribution is 2.26. The molecule has 1 rings (SSSR count). The summed E-state index contributed by atoms with van der Waals surface area (Å²) in [5.74, 6) is 0.649. The van der Waals surface area contributed by atoms with Gasteiger partial charge in [-0.25, -0.2) is 4.98 Å². The summed E-state index contributed by atoms with van der Waals surface area (Å²) < 4.78 is 0. The number of rotatable bonds is 4. The van der Waals surface area contributed by atoms with E-state index in [1.54, 1.807) is 18.0 Å². The summed E-state index contributed by atoms with van der Waals surface area (Å²) in [7, 11) is 0. The molecule has 0 aliphatic rings. The van der Waals surface area contributed by atoms with Crippen LogP contribution in [-0.2, 0) is 0 Å². The molecular formula is C10H11ClN2S. The Balaban J connectivity index is 2.71. The number of thioether (sulfide) groups is 1. The topological polar surface area (TPSA) is 36.7 Å². The Hall–Kier alpha value is -0.720. The first kappa shape index (κ1) is 11.4. The van der Waals surface area contributed by atoms with Crippen LogP contribution in [-0.4, -0.2) is 16.1 Å². The number of alkyl halides is 1. The number of halogens is 1. The minimum absolute atomic E-state index is 0.420.